The second kappa shape index (κ2) is 7.96. The van der Waals surface area contributed by atoms with Gasteiger partial charge in [-0.3, -0.25) is 0 Å². The molecule has 0 nitrogen and oxygen atoms in total. The predicted molar refractivity (Wildman–Crippen MR) is 148 cm³/mol. The van der Waals surface area contributed by atoms with E-state index in [-0.39, 0.29) is 75.5 Å². The van der Waals surface area contributed by atoms with Gasteiger partial charge in [-0.1, -0.05) is 0 Å². The van der Waals surface area contributed by atoms with Crippen molar-refractivity contribution in [3.63, 3.8) is 0 Å². The molecule has 6 aromatic heterocycles. The Balaban J connectivity index is 1.35. The number of rotatable bonds is 2. The first kappa shape index (κ1) is 22.0. The van der Waals surface area contributed by atoms with Crippen molar-refractivity contribution in [3.8, 4) is 17.7 Å². The van der Waals surface area contributed by atoms with Gasteiger partial charge in [0.25, 0.3) is 0 Å². The minimum absolute atomic E-state index is 0.0667. The van der Waals surface area contributed by atoms with Gasteiger partial charge in [0.1, 0.15) is 0 Å². The summed E-state index contributed by atoms with van der Waals surface area (Å²) in [6, 6.07) is 13.9. The summed E-state index contributed by atoms with van der Waals surface area (Å²) < 4.78 is 54.3. The third-order valence-electron chi connectivity index (χ3n) is 6.13. The molecule has 6 heterocycles. The van der Waals surface area contributed by atoms with Gasteiger partial charge in [0, 0.05) is 0 Å². The topological polar surface area (TPSA) is 0 Å². The van der Waals surface area contributed by atoms with Gasteiger partial charge in [0.2, 0.25) is 0 Å². The quantitative estimate of drug-likeness (QED) is 0.160. The van der Waals surface area contributed by atoms with Gasteiger partial charge in [-0.2, -0.15) is 0 Å². The fourth-order valence-electron chi connectivity index (χ4n) is 4.54. The van der Waals surface area contributed by atoms with Crippen molar-refractivity contribution in [2.24, 2.45) is 0 Å². The summed E-state index contributed by atoms with van der Waals surface area (Å²) in [6.45, 7) is 0. The molecule has 0 radical (unpaired) electrons. The van der Waals surface area contributed by atoms with Crippen LogP contribution in [-0.2, 0) is 0 Å². The Hall–Kier alpha value is -1.07. The van der Waals surface area contributed by atoms with Crippen molar-refractivity contribution in [3.05, 3.63) is 69.8 Å². The van der Waals surface area contributed by atoms with Crippen LogP contribution in [0.15, 0.2) is 52.3 Å². The van der Waals surface area contributed by atoms with Crippen LogP contribution < -0.4 is 0 Å². The number of benzene rings is 2. The summed E-state index contributed by atoms with van der Waals surface area (Å²) in [7, 11) is 0. The molecule has 0 unspecified atom stereocenters. The van der Waals surface area contributed by atoms with Crippen LogP contribution >= 0.6 is 22.7 Å². The van der Waals surface area contributed by atoms with Gasteiger partial charge >= 0.3 is 230 Å². The molecule has 2 aromatic carbocycles. The fourth-order valence-corrected chi connectivity index (χ4v) is 16.7. The molecule has 8 rings (SSSR count). The average Bonchev–Trinajstić information content (AvgIpc) is 3.66. The van der Waals surface area contributed by atoms with Crippen LogP contribution in [0, 0.1) is 17.5 Å². The van der Waals surface area contributed by atoms with E-state index >= 15 is 4.39 Å². The third-order valence-corrected chi connectivity index (χ3v) is 18.5. The molecule has 0 saturated heterocycles. The van der Waals surface area contributed by atoms with Crippen molar-refractivity contribution in [1.29, 1.82) is 0 Å². The Kier molecular flexibility index (Phi) is 5.00. The van der Waals surface area contributed by atoms with Crippen LogP contribution in [0.5, 0.6) is 0 Å². The number of hydrogen-bond donors (Lipinski definition) is 0. The molecule has 170 valence electrons. The zero-order valence-electron chi connectivity index (χ0n) is 17.3. The van der Waals surface area contributed by atoms with Gasteiger partial charge in [-0.25, -0.2) is 0 Å². The molecule has 0 aliphatic carbocycles. The summed E-state index contributed by atoms with van der Waals surface area (Å²) in [4.78, 5) is 3.78. The van der Waals surface area contributed by atoms with E-state index in [2.05, 4.69) is 24.3 Å². The van der Waals surface area contributed by atoms with Gasteiger partial charge in [-0.05, 0) is 0 Å². The first-order chi connectivity index (χ1) is 17.0. The van der Waals surface area contributed by atoms with E-state index in [4.69, 9.17) is 0 Å². The molecule has 0 bridgehead atoms. The summed E-state index contributed by atoms with van der Waals surface area (Å²) in [5.74, 6) is -0.570. The normalized spacial score (nSPS) is 12.4. The van der Waals surface area contributed by atoms with E-state index in [0.29, 0.717) is 14.3 Å². The third kappa shape index (κ3) is 3.22. The van der Waals surface area contributed by atoms with Gasteiger partial charge in [0.15, 0.2) is 0 Å². The second-order valence-electron chi connectivity index (χ2n) is 8.14. The summed E-state index contributed by atoms with van der Waals surface area (Å²) >= 11 is 3.42. The molecule has 0 aliphatic rings. The maximum absolute atomic E-state index is 15.4. The van der Waals surface area contributed by atoms with Crippen LogP contribution in [0.2, 0.25) is 0 Å². The molecule has 0 fully saturated rings. The van der Waals surface area contributed by atoms with Crippen LogP contribution in [0.1, 0.15) is 0 Å². The summed E-state index contributed by atoms with van der Waals surface area (Å²) in [5.41, 5.74) is 0. The maximum atomic E-state index is 15.4. The van der Waals surface area contributed by atoms with E-state index in [1.807, 2.05) is 15.9 Å². The van der Waals surface area contributed by atoms with Crippen LogP contribution in [0.3, 0.4) is 0 Å². The first-order valence-electron chi connectivity index (χ1n) is 10.5. The standard InChI is InChI=1S/C26H9F3S2Se4/c27-14-1-3-32-24(14)20-6-10-5-11-16(8-18(10)34-20)30-23-12-7-13-19(9-17(12)31-22(11)23)35-26(21(13)29)25-15(28)2-4-33-25/h1-9H. The Morgan fingerprint density at radius 2 is 1.26 bits per heavy atom. The van der Waals surface area contributed by atoms with Crippen molar-refractivity contribution in [2.75, 3.05) is 0 Å². The Bertz CT molecular complexity index is 2110. The van der Waals surface area contributed by atoms with E-state index < -0.39 is 0 Å². The van der Waals surface area contributed by atoms with E-state index in [9.17, 15) is 8.78 Å². The number of thiophene rings is 2. The fraction of sp³-hybridized carbons (Fsp3) is 0. The van der Waals surface area contributed by atoms with Gasteiger partial charge in [-0.15, -0.1) is 0 Å². The van der Waals surface area contributed by atoms with E-state index in [1.54, 1.807) is 28.7 Å². The minimum atomic E-state index is -0.269. The van der Waals surface area contributed by atoms with Crippen LogP contribution in [-0.4, -0.2) is 58.0 Å². The summed E-state index contributed by atoms with van der Waals surface area (Å²) in [6.07, 6.45) is 0. The molecule has 0 amide bonds. The number of fused-ring (bicyclic) bond motifs is 7. The zero-order chi connectivity index (χ0) is 23.4. The van der Waals surface area contributed by atoms with Crippen molar-refractivity contribution in [2.45, 2.75) is 0 Å². The molecule has 0 N–H and O–H groups in total. The van der Waals surface area contributed by atoms with Crippen molar-refractivity contribution < 1.29 is 13.2 Å². The molecule has 0 atom stereocenters. The Morgan fingerprint density at radius 1 is 0.600 bits per heavy atom. The molecular formula is C26H9F3S2Se4. The Labute approximate surface area is 228 Å². The van der Waals surface area contributed by atoms with Crippen LogP contribution in [0.25, 0.3) is 66.6 Å². The molecule has 9 heteroatoms. The predicted octanol–water partition coefficient (Wildman–Crippen LogP) is 7.55. The van der Waals surface area contributed by atoms with E-state index in [0.717, 1.165) is 14.1 Å². The molecular weight excluding hydrogens is 749 g/mol. The summed E-state index contributed by atoms with van der Waals surface area (Å²) in [5, 5.41) is 4.18. The Morgan fingerprint density at radius 3 is 1.94 bits per heavy atom. The molecule has 0 aliphatic heterocycles. The van der Waals surface area contributed by atoms with Crippen molar-refractivity contribution in [1.82, 2.24) is 0 Å². The monoisotopic (exact) mass is 762 g/mol. The molecule has 35 heavy (non-hydrogen) atoms. The zero-order valence-corrected chi connectivity index (χ0v) is 25.8. The number of hydrogen-bond acceptors (Lipinski definition) is 2. The van der Waals surface area contributed by atoms with E-state index in [1.165, 1.54) is 44.3 Å². The van der Waals surface area contributed by atoms with Gasteiger partial charge in [0.05, 0.1) is 0 Å². The molecule has 0 saturated carbocycles. The van der Waals surface area contributed by atoms with Crippen molar-refractivity contribution >= 4 is 130 Å². The first-order valence-corrected chi connectivity index (χ1v) is 19.2. The SMILES string of the molecule is Fc1cc[se]c1-c1cc2cc3c(cc2[se]1)sc1c2cc4c(F)c(-c5[se]ccc5F)[se]c4cc2sc31. The average molecular weight is 758 g/mol. The number of halogens is 3. The molecule has 0 spiro atoms. The second-order valence-corrected chi connectivity index (χ2v) is 18.6. The van der Waals surface area contributed by atoms with Crippen LogP contribution in [0.4, 0.5) is 13.2 Å². The van der Waals surface area contributed by atoms with Gasteiger partial charge < -0.3 is 0 Å². The molecule has 8 aromatic rings.